The number of rotatable bonds is 7. The summed E-state index contributed by atoms with van der Waals surface area (Å²) in [5, 5.41) is 5.47. The largest absolute Gasteiger partial charge is 0.336 e. The molecule has 0 heterocycles. The van der Waals surface area contributed by atoms with Crippen molar-refractivity contribution >= 4 is 29.1 Å². The Bertz CT molecular complexity index is 805. The number of carbonyl (C=O) groups excluding carboxylic acids is 3. The predicted octanol–water partition coefficient (Wildman–Crippen LogP) is 3.58. The molecule has 6 heteroatoms. The van der Waals surface area contributed by atoms with E-state index >= 15 is 0 Å². The highest BCUT2D eigenvalue weighted by Gasteiger charge is 2.19. The molecule has 0 aliphatic heterocycles. The molecule has 2 rings (SSSR count). The zero-order valence-electron chi connectivity index (χ0n) is 15.9. The van der Waals surface area contributed by atoms with E-state index in [2.05, 4.69) is 10.6 Å². The van der Waals surface area contributed by atoms with E-state index < -0.39 is 0 Å². The average Bonchev–Trinajstić information content (AvgIpc) is 2.62. The molecule has 0 radical (unpaired) electrons. The topological polar surface area (TPSA) is 78.5 Å². The number of hydrogen-bond acceptors (Lipinski definition) is 3. The highest BCUT2D eigenvalue weighted by atomic mass is 16.2. The average molecular weight is 367 g/mol. The third-order valence-corrected chi connectivity index (χ3v) is 4.20. The lowest BCUT2D eigenvalue weighted by Crippen LogP contribution is -2.34. The van der Waals surface area contributed by atoms with Crippen LogP contribution in [-0.4, -0.2) is 29.2 Å². The first kappa shape index (κ1) is 20.2. The molecule has 142 valence electrons. The Balaban J connectivity index is 1.96. The normalized spacial score (nSPS) is 11.4. The molecule has 1 atom stereocenters. The molecule has 0 fully saturated rings. The molecule has 27 heavy (non-hydrogen) atoms. The van der Waals surface area contributed by atoms with Crippen LogP contribution >= 0.6 is 0 Å². The van der Waals surface area contributed by atoms with Crippen LogP contribution < -0.4 is 10.6 Å². The zero-order valence-corrected chi connectivity index (χ0v) is 15.9. The second-order valence-corrected chi connectivity index (χ2v) is 6.36. The lowest BCUT2D eigenvalue weighted by molar-refractivity contribution is -0.131. The van der Waals surface area contributed by atoms with Gasteiger partial charge in [-0.3, -0.25) is 14.4 Å². The summed E-state index contributed by atoms with van der Waals surface area (Å²) in [7, 11) is 0. The molecule has 2 aromatic carbocycles. The minimum absolute atomic E-state index is 0.0770. The quantitative estimate of drug-likeness (QED) is 0.785. The minimum Gasteiger partial charge on any atom is -0.336 e. The SMILES string of the molecule is CC(=O)Nc1cccc(NC(=O)CCN(C(C)=O)C(C)c2ccccc2)c1. The molecule has 6 nitrogen and oxygen atoms in total. The fraction of sp³-hybridized carbons (Fsp3) is 0.286. The number of anilines is 2. The van der Waals surface area contributed by atoms with E-state index in [1.54, 1.807) is 29.2 Å². The van der Waals surface area contributed by atoms with Crippen molar-refractivity contribution in [3.8, 4) is 0 Å². The fourth-order valence-corrected chi connectivity index (χ4v) is 2.86. The van der Waals surface area contributed by atoms with Crippen LogP contribution in [0.25, 0.3) is 0 Å². The highest BCUT2D eigenvalue weighted by Crippen LogP contribution is 2.20. The molecule has 0 saturated heterocycles. The van der Waals surface area contributed by atoms with E-state index in [-0.39, 0.29) is 30.2 Å². The van der Waals surface area contributed by atoms with Gasteiger partial charge in [-0.2, -0.15) is 0 Å². The van der Waals surface area contributed by atoms with Gasteiger partial charge in [-0.25, -0.2) is 0 Å². The summed E-state index contributed by atoms with van der Waals surface area (Å²) in [6.45, 7) is 5.21. The van der Waals surface area contributed by atoms with Gasteiger partial charge in [-0.05, 0) is 30.7 Å². The first-order valence-electron chi connectivity index (χ1n) is 8.86. The van der Waals surface area contributed by atoms with Gasteiger partial charge in [0, 0.05) is 38.2 Å². The van der Waals surface area contributed by atoms with Gasteiger partial charge in [0.15, 0.2) is 0 Å². The highest BCUT2D eigenvalue weighted by molar-refractivity contribution is 5.93. The molecular weight excluding hydrogens is 342 g/mol. The molecule has 0 aliphatic rings. The van der Waals surface area contributed by atoms with Gasteiger partial charge in [0.25, 0.3) is 0 Å². The van der Waals surface area contributed by atoms with E-state index in [4.69, 9.17) is 0 Å². The Hall–Kier alpha value is -3.15. The van der Waals surface area contributed by atoms with Crippen molar-refractivity contribution in [2.24, 2.45) is 0 Å². The predicted molar refractivity (Wildman–Crippen MR) is 106 cm³/mol. The number of carbonyl (C=O) groups is 3. The van der Waals surface area contributed by atoms with Gasteiger partial charge in [0.1, 0.15) is 0 Å². The van der Waals surface area contributed by atoms with Gasteiger partial charge in [0.2, 0.25) is 17.7 Å². The van der Waals surface area contributed by atoms with Crippen molar-refractivity contribution in [2.75, 3.05) is 17.2 Å². The summed E-state index contributed by atoms with van der Waals surface area (Å²) >= 11 is 0. The zero-order chi connectivity index (χ0) is 19.8. The molecule has 0 spiro atoms. The summed E-state index contributed by atoms with van der Waals surface area (Å²) < 4.78 is 0. The maximum Gasteiger partial charge on any atom is 0.226 e. The monoisotopic (exact) mass is 367 g/mol. The van der Waals surface area contributed by atoms with Gasteiger partial charge in [0.05, 0.1) is 6.04 Å². The summed E-state index contributed by atoms with van der Waals surface area (Å²) in [5.74, 6) is -0.446. The van der Waals surface area contributed by atoms with E-state index in [1.807, 2.05) is 37.3 Å². The van der Waals surface area contributed by atoms with Crippen molar-refractivity contribution < 1.29 is 14.4 Å². The minimum atomic E-state index is -0.193. The molecule has 0 bridgehead atoms. The maximum atomic E-state index is 12.3. The van der Waals surface area contributed by atoms with Crippen LogP contribution in [0, 0.1) is 0 Å². The fourth-order valence-electron chi connectivity index (χ4n) is 2.86. The number of nitrogens with zero attached hydrogens (tertiary/aromatic N) is 1. The number of hydrogen-bond donors (Lipinski definition) is 2. The maximum absolute atomic E-state index is 12.3. The third kappa shape index (κ3) is 6.26. The Morgan fingerprint density at radius 2 is 1.56 bits per heavy atom. The second kappa shape index (κ2) is 9.52. The van der Waals surface area contributed by atoms with Crippen LogP contribution in [0.2, 0.25) is 0 Å². The molecule has 1 unspecified atom stereocenters. The molecule has 3 amide bonds. The Labute approximate surface area is 159 Å². The van der Waals surface area contributed by atoms with Gasteiger partial charge in [-0.1, -0.05) is 36.4 Å². The van der Waals surface area contributed by atoms with E-state index in [1.165, 1.54) is 13.8 Å². The number of amides is 3. The molecular formula is C21H25N3O3. The first-order chi connectivity index (χ1) is 12.9. The lowest BCUT2D eigenvalue weighted by atomic mass is 10.1. The lowest BCUT2D eigenvalue weighted by Gasteiger charge is -2.28. The molecule has 0 saturated carbocycles. The summed E-state index contributed by atoms with van der Waals surface area (Å²) in [6.07, 6.45) is 0.182. The Morgan fingerprint density at radius 3 is 2.15 bits per heavy atom. The van der Waals surface area contributed by atoms with Crippen LogP contribution in [-0.2, 0) is 14.4 Å². The third-order valence-electron chi connectivity index (χ3n) is 4.20. The van der Waals surface area contributed by atoms with Crippen molar-refractivity contribution in [1.29, 1.82) is 0 Å². The van der Waals surface area contributed by atoms with Crippen molar-refractivity contribution in [3.63, 3.8) is 0 Å². The number of benzene rings is 2. The van der Waals surface area contributed by atoms with Gasteiger partial charge in [-0.15, -0.1) is 0 Å². The van der Waals surface area contributed by atoms with Crippen LogP contribution in [0.15, 0.2) is 54.6 Å². The van der Waals surface area contributed by atoms with E-state index in [0.29, 0.717) is 17.9 Å². The Morgan fingerprint density at radius 1 is 0.926 bits per heavy atom. The van der Waals surface area contributed by atoms with Crippen LogP contribution in [0.4, 0.5) is 11.4 Å². The van der Waals surface area contributed by atoms with Crippen molar-refractivity contribution in [1.82, 2.24) is 4.90 Å². The van der Waals surface area contributed by atoms with Crippen LogP contribution in [0.3, 0.4) is 0 Å². The van der Waals surface area contributed by atoms with Crippen LogP contribution in [0.1, 0.15) is 38.8 Å². The molecule has 0 aliphatic carbocycles. The second-order valence-electron chi connectivity index (χ2n) is 6.36. The van der Waals surface area contributed by atoms with Gasteiger partial charge < -0.3 is 15.5 Å². The van der Waals surface area contributed by atoms with Crippen molar-refractivity contribution in [3.05, 3.63) is 60.2 Å². The van der Waals surface area contributed by atoms with Gasteiger partial charge >= 0.3 is 0 Å². The van der Waals surface area contributed by atoms with Crippen LogP contribution in [0.5, 0.6) is 0 Å². The van der Waals surface area contributed by atoms with Crippen molar-refractivity contribution in [2.45, 2.75) is 33.2 Å². The summed E-state index contributed by atoms with van der Waals surface area (Å²) in [5.41, 5.74) is 2.23. The van der Waals surface area contributed by atoms with E-state index in [9.17, 15) is 14.4 Å². The summed E-state index contributed by atoms with van der Waals surface area (Å²) in [4.78, 5) is 37.1. The number of nitrogens with one attached hydrogen (secondary N) is 2. The first-order valence-corrected chi connectivity index (χ1v) is 8.86. The smallest absolute Gasteiger partial charge is 0.226 e. The van der Waals surface area contributed by atoms with E-state index in [0.717, 1.165) is 5.56 Å². The summed E-state index contributed by atoms with van der Waals surface area (Å²) in [6, 6.07) is 16.5. The standard InChI is InChI=1S/C21H25N3O3/c1-15(18-8-5-4-6-9-18)24(17(3)26)13-12-21(27)23-20-11-7-10-19(14-20)22-16(2)25/h4-11,14-15H,12-13H2,1-3H3,(H,22,25)(H,23,27). The molecule has 2 N–H and O–H groups in total. The Kier molecular flexibility index (Phi) is 7.11. The molecule has 0 aromatic heterocycles. The molecule has 2 aromatic rings.